The maximum Gasteiger partial charge on any atom is 0.407 e. The van der Waals surface area contributed by atoms with Crippen LogP contribution in [0.3, 0.4) is 0 Å². The lowest BCUT2D eigenvalue weighted by molar-refractivity contribution is 0.0565. The van der Waals surface area contributed by atoms with Gasteiger partial charge in [-0.05, 0) is 35.6 Å². The van der Waals surface area contributed by atoms with Gasteiger partial charge in [0.15, 0.2) is 0 Å². The first kappa shape index (κ1) is 31.0. The number of piperazine rings is 1. The highest BCUT2D eigenvalue weighted by atomic mass is 16.5. The van der Waals surface area contributed by atoms with Gasteiger partial charge in [-0.2, -0.15) is 10.1 Å². The van der Waals surface area contributed by atoms with Gasteiger partial charge in [0.2, 0.25) is 11.8 Å². The van der Waals surface area contributed by atoms with E-state index in [2.05, 4.69) is 44.7 Å². The summed E-state index contributed by atoms with van der Waals surface area (Å²) in [4.78, 5) is 20.9. The predicted molar refractivity (Wildman–Crippen MR) is 180 cm³/mol. The number of rotatable bonds is 8. The average Bonchev–Trinajstić information content (AvgIpc) is 3.39. The number of hydrogen-bond acceptors (Lipinski definition) is 6. The Bertz CT molecular complexity index is 1820. The Kier molecular flexibility index (Phi) is 8.58. The van der Waals surface area contributed by atoms with Crippen LogP contribution in [0.4, 0.5) is 10.5 Å². The van der Waals surface area contributed by atoms with Crippen LogP contribution in [0.25, 0.3) is 22.2 Å². The molecule has 0 saturated carbocycles. The van der Waals surface area contributed by atoms with Gasteiger partial charge in [-0.3, -0.25) is 4.68 Å². The van der Waals surface area contributed by atoms with Crippen molar-refractivity contribution in [2.24, 2.45) is 12.5 Å². The van der Waals surface area contributed by atoms with Crippen molar-refractivity contribution in [1.29, 1.82) is 0 Å². The van der Waals surface area contributed by atoms with Crippen LogP contribution in [0, 0.1) is 5.41 Å². The Labute approximate surface area is 270 Å². The van der Waals surface area contributed by atoms with E-state index < -0.39 is 6.09 Å². The average molecular weight is 620 g/mol. The number of carbonyl (C=O) groups is 1. The van der Waals surface area contributed by atoms with Crippen molar-refractivity contribution in [2.75, 3.05) is 18.0 Å². The van der Waals surface area contributed by atoms with Gasteiger partial charge < -0.3 is 24.4 Å². The van der Waals surface area contributed by atoms with E-state index >= 15 is 0 Å². The van der Waals surface area contributed by atoms with E-state index in [0.29, 0.717) is 38.1 Å². The highest BCUT2D eigenvalue weighted by molar-refractivity contribution is 6.01. The molecule has 2 atom stereocenters. The number of nitrogens with zero attached hydrogens (tertiary/aromatic N) is 5. The van der Waals surface area contributed by atoms with Gasteiger partial charge in [0.1, 0.15) is 18.9 Å². The molecule has 1 amide bonds. The summed E-state index contributed by atoms with van der Waals surface area (Å²) in [5.41, 5.74) is 5.35. The third-order valence-electron chi connectivity index (χ3n) is 8.69. The molecule has 0 bridgehead atoms. The minimum absolute atomic E-state index is 0.0544. The number of para-hydroxylation sites is 1. The van der Waals surface area contributed by atoms with Crippen LogP contribution in [0.2, 0.25) is 0 Å². The fourth-order valence-electron chi connectivity index (χ4n) is 6.73. The molecule has 0 aliphatic carbocycles. The second-order valence-corrected chi connectivity index (χ2v) is 12.9. The zero-order chi connectivity index (χ0) is 32.4. The van der Waals surface area contributed by atoms with E-state index in [4.69, 9.17) is 19.6 Å². The Hall–Kier alpha value is -5.05. The van der Waals surface area contributed by atoms with Gasteiger partial charge in [-0.15, -0.1) is 0 Å². The minimum Gasteiger partial charge on any atom is -0.473 e. The molecule has 3 heterocycles. The third kappa shape index (κ3) is 6.22. The zero-order valence-corrected chi connectivity index (χ0v) is 27.1. The first-order valence-corrected chi connectivity index (χ1v) is 15.7. The molecule has 1 unspecified atom stereocenters. The largest absolute Gasteiger partial charge is 0.473 e. The first-order valence-electron chi connectivity index (χ1n) is 15.7. The topological polar surface area (TPSA) is 93.0 Å². The van der Waals surface area contributed by atoms with E-state index in [1.165, 1.54) is 0 Å². The van der Waals surface area contributed by atoms with Crippen LogP contribution in [0.15, 0.2) is 91.0 Å². The number of benzene rings is 3. The van der Waals surface area contributed by atoms with Crippen LogP contribution in [-0.4, -0.2) is 56.0 Å². The van der Waals surface area contributed by atoms with E-state index in [1.54, 1.807) is 4.90 Å². The molecule has 9 nitrogen and oxygen atoms in total. The lowest BCUT2D eigenvalue weighted by atomic mass is 9.79. The van der Waals surface area contributed by atoms with Crippen molar-refractivity contribution >= 4 is 22.7 Å². The summed E-state index contributed by atoms with van der Waals surface area (Å²) in [6.07, 6.45) is -0.876. The Balaban J connectivity index is 1.38. The molecule has 1 aliphatic rings. The number of amides is 1. The highest BCUT2D eigenvalue weighted by Crippen LogP contribution is 2.41. The molecule has 2 aromatic heterocycles. The van der Waals surface area contributed by atoms with E-state index in [9.17, 15) is 9.90 Å². The number of carboxylic acid groups (broad SMARTS) is 1. The standard InChI is InChI=1S/C37H41N5O4/c1-25-34(37(2,3)4)42(36(43)44)22-21-41(25)30-18-12-17-28-32(39-40(5)33(28)30)29-19-20-31(45-23-26-13-8-6-9-14-26)38-35(29)46-24-27-15-10-7-11-16-27/h6-20,25,34H,21-24H2,1-5H3,(H,43,44)/t25-,34?/m1/s1. The van der Waals surface area contributed by atoms with Crippen LogP contribution < -0.4 is 14.4 Å². The summed E-state index contributed by atoms with van der Waals surface area (Å²) in [5.74, 6) is 0.908. The van der Waals surface area contributed by atoms with E-state index in [0.717, 1.165) is 39.0 Å². The summed E-state index contributed by atoms with van der Waals surface area (Å²) < 4.78 is 14.3. The Morgan fingerprint density at radius 3 is 2.15 bits per heavy atom. The van der Waals surface area contributed by atoms with Crippen LogP contribution >= 0.6 is 0 Å². The van der Waals surface area contributed by atoms with E-state index in [-0.39, 0.29) is 17.5 Å². The molecule has 1 saturated heterocycles. The normalized spacial score (nSPS) is 16.9. The van der Waals surface area contributed by atoms with E-state index in [1.807, 2.05) is 90.6 Å². The number of aryl methyl sites for hydroxylation is 1. The summed E-state index contributed by atoms with van der Waals surface area (Å²) in [7, 11) is 1.95. The minimum atomic E-state index is -0.876. The van der Waals surface area contributed by atoms with Gasteiger partial charge in [0.05, 0.1) is 22.8 Å². The lowest BCUT2D eigenvalue weighted by Crippen LogP contribution is -2.64. The lowest BCUT2D eigenvalue weighted by Gasteiger charge is -2.51. The van der Waals surface area contributed by atoms with Gasteiger partial charge in [-0.1, -0.05) is 93.6 Å². The number of aromatic nitrogens is 3. The maximum atomic E-state index is 12.2. The number of anilines is 1. The second kappa shape index (κ2) is 12.7. The number of fused-ring (bicyclic) bond motifs is 1. The van der Waals surface area contributed by atoms with Gasteiger partial charge >= 0.3 is 6.09 Å². The number of ether oxygens (including phenoxy) is 2. The van der Waals surface area contributed by atoms with Crippen molar-refractivity contribution in [3.8, 4) is 23.0 Å². The van der Waals surface area contributed by atoms with Crippen molar-refractivity contribution < 1.29 is 19.4 Å². The molecule has 5 aromatic rings. The van der Waals surface area contributed by atoms with Crippen LogP contribution in [-0.2, 0) is 20.3 Å². The maximum absolute atomic E-state index is 12.2. The Morgan fingerprint density at radius 1 is 0.870 bits per heavy atom. The summed E-state index contributed by atoms with van der Waals surface area (Å²) in [6, 6.07) is 29.8. The summed E-state index contributed by atoms with van der Waals surface area (Å²) in [5, 5.41) is 16.0. The number of hydrogen-bond donors (Lipinski definition) is 1. The van der Waals surface area contributed by atoms with Gasteiger partial charge in [0, 0.05) is 37.6 Å². The molecule has 238 valence electrons. The third-order valence-corrected chi connectivity index (χ3v) is 8.69. The zero-order valence-electron chi connectivity index (χ0n) is 27.1. The first-order chi connectivity index (χ1) is 22.1. The Morgan fingerprint density at radius 2 is 1.52 bits per heavy atom. The molecular formula is C37H41N5O4. The molecule has 0 radical (unpaired) electrons. The van der Waals surface area contributed by atoms with Crippen molar-refractivity contribution in [3.05, 3.63) is 102 Å². The van der Waals surface area contributed by atoms with Gasteiger partial charge in [-0.25, -0.2) is 4.79 Å². The molecular weight excluding hydrogens is 578 g/mol. The SMILES string of the molecule is C[C@@H]1C(C(C)(C)C)N(C(=O)O)CCN1c1cccc2c(-c3ccc(OCc4ccccc4)nc3OCc3ccccc3)nn(C)c12. The molecule has 1 fully saturated rings. The molecule has 1 N–H and O–H groups in total. The van der Waals surface area contributed by atoms with Crippen molar-refractivity contribution in [3.63, 3.8) is 0 Å². The molecule has 0 spiro atoms. The molecule has 3 aromatic carbocycles. The molecule has 9 heteroatoms. The second-order valence-electron chi connectivity index (χ2n) is 12.9. The summed E-state index contributed by atoms with van der Waals surface area (Å²) >= 11 is 0. The number of pyridine rings is 1. The van der Waals surface area contributed by atoms with Gasteiger partial charge in [0.25, 0.3) is 0 Å². The fraction of sp³-hybridized carbons (Fsp3) is 0.324. The fourth-order valence-corrected chi connectivity index (χ4v) is 6.73. The molecule has 1 aliphatic heterocycles. The highest BCUT2D eigenvalue weighted by Gasteiger charge is 2.43. The smallest absolute Gasteiger partial charge is 0.407 e. The predicted octanol–water partition coefficient (Wildman–Crippen LogP) is 7.40. The van der Waals surface area contributed by atoms with Crippen LogP contribution in [0.5, 0.6) is 11.8 Å². The van der Waals surface area contributed by atoms with Crippen LogP contribution in [0.1, 0.15) is 38.8 Å². The van der Waals surface area contributed by atoms with Crippen molar-refractivity contribution in [1.82, 2.24) is 19.7 Å². The van der Waals surface area contributed by atoms with Crippen molar-refractivity contribution in [2.45, 2.75) is 53.0 Å². The molecule has 6 rings (SSSR count). The quantitative estimate of drug-likeness (QED) is 0.194. The summed E-state index contributed by atoms with van der Waals surface area (Å²) in [6.45, 7) is 10.2. The monoisotopic (exact) mass is 619 g/mol. The molecule has 46 heavy (non-hydrogen) atoms.